The maximum atomic E-state index is 12.7. The second-order valence-electron chi connectivity index (χ2n) is 6.36. The molecular weight excluding hydrogens is 330 g/mol. The summed E-state index contributed by atoms with van der Waals surface area (Å²) in [6, 6.07) is 12.5. The lowest BCUT2D eigenvalue weighted by Crippen LogP contribution is -2.50. The van der Waals surface area contributed by atoms with Crippen LogP contribution in [0.25, 0.3) is 0 Å². The van der Waals surface area contributed by atoms with Crippen LogP contribution in [0.2, 0.25) is 0 Å². The van der Waals surface area contributed by atoms with Gasteiger partial charge in [-0.1, -0.05) is 18.2 Å². The van der Waals surface area contributed by atoms with E-state index in [2.05, 4.69) is 0 Å². The minimum absolute atomic E-state index is 0.0466. The highest BCUT2D eigenvalue weighted by molar-refractivity contribution is 5.99. The largest absolute Gasteiger partial charge is 0.496 e. The van der Waals surface area contributed by atoms with Gasteiger partial charge in [-0.25, -0.2) is 0 Å². The van der Waals surface area contributed by atoms with Gasteiger partial charge in [-0.3, -0.25) is 9.59 Å². The number of nitrogen functional groups attached to an aromatic ring is 1. The van der Waals surface area contributed by atoms with Gasteiger partial charge in [-0.05, 0) is 36.8 Å². The number of ether oxygens (including phenoxy) is 1. The summed E-state index contributed by atoms with van der Waals surface area (Å²) in [5.74, 6) is 0.561. The maximum Gasteiger partial charge on any atom is 0.256 e. The van der Waals surface area contributed by atoms with Crippen molar-refractivity contribution in [1.82, 2.24) is 9.80 Å². The molecule has 0 unspecified atom stereocenters. The van der Waals surface area contributed by atoms with Gasteiger partial charge < -0.3 is 20.3 Å². The molecule has 2 amide bonds. The number of anilines is 1. The second-order valence-corrected chi connectivity index (χ2v) is 6.36. The van der Waals surface area contributed by atoms with Crippen LogP contribution in [0.3, 0.4) is 0 Å². The predicted molar refractivity (Wildman–Crippen MR) is 100 cm³/mol. The zero-order valence-electron chi connectivity index (χ0n) is 15.1. The van der Waals surface area contributed by atoms with Gasteiger partial charge in [0.2, 0.25) is 0 Å². The first-order chi connectivity index (χ1) is 12.5. The molecule has 1 saturated heterocycles. The maximum absolute atomic E-state index is 12.7. The zero-order chi connectivity index (χ0) is 18.7. The Labute approximate surface area is 153 Å². The van der Waals surface area contributed by atoms with Crippen molar-refractivity contribution in [1.29, 1.82) is 0 Å². The molecule has 3 rings (SSSR count). The minimum Gasteiger partial charge on any atom is -0.496 e. The molecule has 2 N–H and O–H groups in total. The number of rotatable bonds is 3. The van der Waals surface area contributed by atoms with E-state index in [0.717, 1.165) is 5.56 Å². The van der Waals surface area contributed by atoms with Crippen molar-refractivity contribution in [3.63, 3.8) is 0 Å². The van der Waals surface area contributed by atoms with Gasteiger partial charge in [0.25, 0.3) is 11.8 Å². The first-order valence-corrected chi connectivity index (χ1v) is 8.59. The molecule has 0 saturated carbocycles. The third-order valence-corrected chi connectivity index (χ3v) is 4.70. The normalized spacial score (nSPS) is 14.2. The summed E-state index contributed by atoms with van der Waals surface area (Å²) in [4.78, 5) is 28.8. The van der Waals surface area contributed by atoms with Crippen molar-refractivity contribution >= 4 is 17.5 Å². The molecule has 2 aromatic rings. The fraction of sp³-hybridized carbons (Fsp3) is 0.300. The van der Waals surface area contributed by atoms with Gasteiger partial charge in [0.05, 0.1) is 12.7 Å². The van der Waals surface area contributed by atoms with E-state index in [0.29, 0.717) is 48.7 Å². The average Bonchev–Trinajstić information content (AvgIpc) is 2.68. The second kappa shape index (κ2) is 7.47. The molecule has 0 atom stereocenters. The molecular formula is C20H23N3O3. The summed E-state index contributed by atoms with van der Waals surface area (Å²) in [5.41, 5.74) is 8.46. The molecule has 6 nitrogen and oxygen atoms in total. The number of hydrogen-bond acceptors (Lipinski definition) is 4. The van der Waals surface area contributed by atoms with Crippen LogP contribution >= 0.6 is 0 Å². The molecule has 1 aliphatic heterocycles. The fourth-order valence-corrected chi connectivity index (χ4v) is 3.11. The molecule has 0 spiro atoms. The number of nitrogens with two attached hydrogens (primary N) is 1. The molecule has 1 aliphatic rings. The number of para-hydroxylation sites is 1. The Bertz CT molecular complexity index is 827. The first-order valence-electron chi connectivity index (χ1n) is 8.59. The highest BCUT2D eigenvalue weighted by atomic mass is 16.5. The number of methoxy groups -OCH3 is 1. The van der Waals surface area contributed by atoms with E-state index in [4.69, 9.17) is 10.5 Å². The van der Waals surface area contributed by atoms with E-state index >= 15 is 0 Å². The number of hydrogen-bond donors (Lipinski definition) is 1. The Hall–Kier alpha value is -3.02. The van der Waals surface area contributed by atoms with Gasteiger partial charge in [-0.15, -0.1) is 0 Å². The number of aryl methyl sites for hydroxylation is 1. The van der Waals surface area contributed by atoms with Crippen LogP contribution in [-0.4, -0.2) is 54.9 Å². The molecule has 0 bridgehead atoms. The monoisotopic (exact) mass is 353 g/mol. The number of amides is 2. The van der Waals surface area contributed by atoms with Crippen LogP contribution in [0.1, 0.15) is 26.3 Å². The summed E-state index contributed by atoms with van der Waals surface area (Å²) >= 11 is 0. The van der Waals surface area contributed by atoms with Crippen LogP contribution in [0, 0.1) is 6.92 Å². The van der Waals surface area contributed by atoms with Crippen LogP contribution in [0.5, 0.6) is 5.75 Å². The Balaban J connectivity index is 1.66. The summed E-state index contributed by atoms with van der Waals surface area (Å²) in [6.45, 7) is 3.90. The number of carbonyl (C=O) groups is 2. The fourth-order valence-electron chi connectivity index (χ4n) is 3.11. The van der Waals surface area contributed by atoms with Gasteiger partial charge in [0.1, 0.15) is 5.75 Å². The number of nitrogens with zero attached hydrogens (tertiary/aromatic N) is 2. The van der Waals surface area contributed by atoms with Crippen molar-refractivity contribution in [2.45, 2.75) is 6.92 Å². The molecule has 1 heterocycles. The van der Waals surface area contributed by atoms with Crippen molar-refractivity contribution in [3.05, 3.63) is 59.2 Å². The average molecular weight is 353 g/mol. The first kappa shape index (κ1) is 17.8. The SMILES string of the molecule is COc1cc(C(=O)N2CCN(C(=O)c3ccccc3N)CC2)ccc1C. The molecule has 0 aliphatic carbocycles. The quantitative estimate of drug-likeness (QED) is 0.858. The standard InChI is InChI=1S/C20H23N3O3/c1-14-7-8-15(13-18(14)26-2)19(24)22-9-11-23(12-10-22)20(25)16-5-3-4-6-17(16)21/h3-8,13H,9-12,21H2,1-2H3. The van der Waals surface area contributed by atoms with Crippen LogP contribution in [0.15, 0.2) is 42.5 Å². The van der Waals surface area contributed by atoms with E-state index in [1.165, 1.54) is 0 Å². The molecule has 136 valence electrons. The molecule has 2 aromatic carbocycles. The number of carbonyl (C=O) groups excluding carboxylic acids is 2. The van der Waals surface area contributed by atoms with Gasteiger partial charge in [0.15, 0.2) is 0 Å². The Kier molecular flexibility index (Phi) is 5.11. The van der Waals surface area contributed by atoms with E-state index in [1.807, 2.05) is 19.1 Å². The third kappa shape index (κ3) is 3.49. The molecule has 0 radical (unpaired) electrons. The Morgan fingerprint density at radius 2 is 1.58 bits per heavy atom. The number of benzene rings is 2. The van der Waals surface area contributed by atoms with E-state index in [9.17, 15) is 9.59 Å². The summed E-state index contributed by atoms with van der Waals surface area (Å²) in [5, 5.41) is 0. The van der Waals surface area contributed by atoms with Crippen molar-refractivity contribution in [3.8, 4) is 5.75 Å². The third-order valence-electron chi connectivity index (χ3n) is 4.70. The van der Waals surface area contributed by atoms with Crippen molar-refractivity contribution in [2.24, 2.45) is 0 Å². The zero-order valence-corrected chi connectivity index (χ0v) is 15.1. The van der Waals surface area contributed by atoms with Crippen molar-refractivity contribution in [2.75, 3.05) is 39.0 Å². The van der Waals surface area contributed by atoms with Crippen LogP contribution in [0.4, 0.5) is 5.69 Å². The topological polar surface area (TPSA) is 75.9 Å². The number of piperazine rings is 1. The van der Waals surface area contributed by atoms with E-state index in [1.54, 1.807) is 47.2 Å². The lowest BCUT2D eigenvalue weighted by atomic mass is 10.1. The van der Waals surface area contributed by atoms with Crippen LogP contribution in [-0.2, 0) is 0 Å². The van der Waals surface area contributed by atoms with Crippen LogP contribution < -0.4 is 10.5 Å². The highest BCUT2D eigenvalue weighted by Gasteiger charge is 2.26. The van der Waals surface area contributed by atoms with Crippen molar-refractivity contribution < 1.29 is 14.3 Å². The Morgan fingerprint density at radius 1 is 0.962 bits per heavy atom. The summed E-state index contributed by atoms with van der Waals surface area (Å²) < 4.78 is 5.30. The van der Waals surface area contributed by atoms with E-state index in [-0.39, 0.29) is 11.8 Å². The van der Waals surface area contributed by atoms with E-state index < -0.39 is 0 Å². The molecule has 26 heavy (non-hydrogen) atoms. The molecule has 0 aromatic heterocycles. The Morgan fingerprint density at radius 3 is 2.19 bits per heavy atom. The van der Waals surface area contributed by atoms with Gasteiger partial charge >= 0.3 is 0 Å². The lowest BCUT2D eigenvalue weighted by Gasteiger charge is -2.35. The smallest absolute Gasteiger partial charge is 0.256 e. The molecule has 6 heteroatoms. The lowest BCUT2D eigenvalue weighted by molar-refractivity contribution is 0.0536. The summed E-state index contributed by atoms with van der Waals surface area (Å²) in [7, 11) is 1.59. The minimum atomic E-state index is -0.0906. The highest BCUT2D eigenvalue weighted by Crippen LogP contribution is 2.21. The molecule has 1 fully saturated rings. The van der Waals surface area contributed by atoms with Gasteiger partial charge in [0, 0.05) is 37.4 Å². The predicted octanol–water partition coefficient (Wildman–Crippen LogP) is 2.18. The van der Waals surface area contributed by atoms with Gasteiger partial charge in [-0.2, -0.15) is 0 Å². The summed E-state index contributed by atoms with van der Waals surface area (Å²) in [6.07, 6.45) is 0.